The molecule has 0 aliphatic carbocycles. The number of benzene rings is 3. The highest BCUT2D eigenvalue weighted by atomic mass is 35.5. The van der Waals surface area contributed by atoms with Gasteiger partial charge in [-0.1, -0.05) is 41.9 Å². The number of hydrogen-bond acceptors (Lipinski definition) is 4. The molecule has 0 amide bonds. The number of sulfonamides is 1. The maximum atomic E-state index is 14.3. The van der Waals surface area contributed by atoms with E-state index in [1.807, 2.05) is 42.6 Å². The second-order valence-electron chi connectivity index (χ2n) is 7.35. The molecule has 0 bridgehead atoms. The van der Waals surface area contributed by atoms with Gasteiger partial charge in [0.15, 0.2) is 11.5 Å². The van der Waals surface area contributed by atoms with E-state index in [1.165, 1.54) is 20.3 Å². The maximum Gasteiger partial charge on any atom is 0.243 e. The monoisotopic (exact) mass is 488 g/mol. The van der Waals surface area contributed by atoms with Gasteiger partial charge in [0.05, 0.1) is 14.2 Å². The lowest BCUT2D eigenvalue weighted by atomic mass is 9.90. The van der Waals surface area contributed by atoms with Crippen LogP contribution in [0.4, 0.5) is 4.39 Å². The Morgan fingerprint density at radius 3 is 2.55 bits per heavy atom. The molecule has 33 heavy (non-hydrogen) atoms. The molecular weight excluding hydrogens is 467 g/mol. The molecule has 0 saturated carbocycles. The second-order valence-corrected chi connectivity index (χ2v) is 9.52. The molecule has 172 valence electrons. The first-order chi connectivity index (χ1) is 15.9. The molecule has 1 aromatic heterocycles. The maximum absolute atomic E-state index is 14.3. The zero-order chi connectivity index (χ0) is 23.6. The van der Waals surface area contributed by atoms with Gasteiger partial charge in [0, 0.05) is 40.1 Å². The topological polar surface area (TPSA) is 80.4 Å². The van der Waals surface area contributed by atoms with Crippen LogP contribution in [0.1, 0.15) is 17.0 Å². The highest BCUT2D eigenvalue weighted by molar-refractivity contribution is 7.89. The van der Waals surface area contributed by atoms with Crippen LogP contribution in [-0.4, -0.2) is 34.2 Å². The van der Waals surface area contributed by atoms with Gasteiger partial charge in [-0.2, -0.15) is 0 Å². The second kappa shape index (κ2) is 9.43. The number of aromatic amines is 1. The summed E-state index contributed by atoms with van der Waals surface area (Å²) < 4.78 is 53.9. The molecular formula is C24H22ClFN2O4S. The van der Waals surface area contributed by atoms with E-state index in [-0.39, 0.29) is 11.6 Å². The first-order valence-electron chi connectivity index (χ1n) is 10.1. The van der Waals surface area contributed by atoms with E-state index >= 15 is 0 Å². The Labute approximate surface area is 196 Å². The molecule has 1 unspecified atom stereocenters. The molecule has 0 radical (unpaired) electrons. The highest BCUT2D eigenvalue weighted by Gasteiger charge is 2.27. The largest absolute Gasteiger partial charge is 0.493 e. The summed E-state index contributed by atoms with van der Waals surface area (Å²) in [6.45, 7) is -0.0459. The Bertz CT molecular complexity index is 1400. The summed E-state index contributed by atoms with van der Waals surface area (Å²) >= 11 is 5.78. The molecule has 0 spiro atoms. The van der Waals surface area contributed by atoms with Crippen molar-refractivity contribution in [3.05, 3.63) is 88.8 Å². The third-order valence-electron chi connectivity index (χ3n) is 5.47. The van der Waals surface area contributed by atoms with Crippen molar-refractivity contribution in [2.45, 2.75) is 10.8 Å². The van der Waals surface area contributed by atoms with Gasteiger partial charge < -0.3 is 14.5 Å². The fourth-order valence-corrected chi connectivity index (χ4v) is 5.18. The zero-order valence-corrected chi connectivity index (χ0v) is 19.5. The molecule has 0 aliphatic rings. The Balaban J connectivity index is 1.79. The minimum Gasteiger partial charge on any atom is -0.493 e. The Morgan fingerprint density at radius 2 is 1.82 bits per heavy atom. The van der Waals surface area contributed by atoms with Crippen LogP contribution in [0.25, 0.3) is 10.9 Å². The number of aromatic nitrogens is 1. The number of methoxy groups -OCH3 is 2. The quantitative estimate of drug-likeness (QED) is 0.362. The summed E-state index contributed by atoms with van der Waals surface area (Å²) in [6.07, 6.45) is 1.84. The number of fused-ring (bicyclic) bond motifs is 1. The Hall–Kier alpha value is -3.07. The Morgan fingerprint density at radius 1 is 1.03 bits per heavy atom. The zero-order valence-electron chi connectivity index (χ0n) is 17.9. The van der Waals surface area contributed by atoms with Gasteiger partial charge in [-0.05, 0) is 35.9 Å². The average molecular weight is 489 g/mol. The van der Waals surface area contributed by atoms with E-state index < -0.39 is 26.7 Å². The van der Waals surface area contributed by atoms with Crippen molar-refractivity contribution in [1.82, 2.24) is 9.71 Å². The molecule has 0 saturated heterocycles. The summed E-state index contributed by atoms with van der Waals surface area (Å²) in [5, 5.41) is 1.05. The molecule has 4 aromatic rings. The van der Waals surface area contributed by atoms with Crippen LogP contribution in [0, 0.1) is 5.82 Å². The number of halogens is 2. The number of hydrogen-bond donors (Lipinski definition) is 2. The van der Waals surface area contributed by atoms with Crippen LogP contribution in [0.2, 0.25) is 5.02 Å². The molecule has 6 nitrogen and oxygen atoms in total. The molecule has 0 aliphatic heterocycles. The fourth-order valence-electron chi connectivity index (χ4n) is 3.92. The lowest BCUT2D eigenvalue weighted by Gasteiger charge is -2.22. The van der Waals surface area contributed by atoms with E-state index in [1.54, 1.807) is 6.07 Å². The van der Waals surface area contributed by atoms with Gasteiger partial charge in [-0.25, -0.2) is 17.5 Å². The van der Waals surface area contributed by atoms with E-state index in [0.717, 1.165) is 34.2 Å². The summed E-state index contributed by atoms with van der Waals surface area (Å²) in [4.78, 5) is 2.75. The average Bonchev–Trinajstić information content (AvgIpc) is 3.22. The number of para-hydroxylation sites is 2. The van der Waals surface area contributed by atoms with E-state index in [4.69, 9.17) is 21.1 Å². The predicted molar refractivity (Wildman–Crippen MR) is 126 cm³/mol. The van der Waals surface area contributed by atoms with Crippen LogP contribution in [0.15, 0.2) is 71.8 Å². The molecule has 3 aromatic carbocycles. The van der Waals surface area contributed by atoms with Crippen molar-refractivity contribution < 1.29 is 22.3 Å². The lowest BCUT2D eigenvalue weighted by Crippen LogP contribution is -2.30. The number of rotatable bonds is 8. The van der Waals surface area contributed by atoms with Crippen molar-refractivity contribution in [1.29, 1.82) is 0 Å². The van der Waals surface area contributed by atoms with Crippen molar-refractivity contribution in [2.75, 3.05) is 20.8 Å². The first kappa shape index (κ1) is 23.1. The van der Waals surface area contributed by atoms with Gasteiger partial charge in [-0.15, -0.1) is 0 Å². The minimum atomic E-state index is -4.16. The number of nitrogens with one attached hydrogen (secondary N) is 2. The normalized spacial score (nSPS) is 12.6. The lowest BCUT2D eigenvalue weighted by molar-refractivity contribution is 0.350. The summed E-state index contributed by atoms with van der Waals surface area (Å²) in [5.41, 5.74) is 2.49. The predicted octanol–water partition coefficient (Wildman–Crippen LogP) is 5.09. The third-order valence-corrected chi connectivity index (χ3v) is 7.16. The molecule has 0 fully saturated rings. The SMILES string of the molecule is COc1cccc(C(CNS(=O)(=O)c2ccc(Cl)cc2F)c2c[nH]c3ccccc23)c1OC. The van der Waals surface area contributed by atoms with Crippen molar-refractivity contribution in [3.63, 3.8) is 0 Å². The molecule has 1 atom stereocenters. The smallest absolute Gasteiger partial charge is 0.243 e. The van der Waals surface area contributed by atoms with Crippen LogP contribution in [0.3, 0.4) is 0 Å². The summed E-state index contributed by atoms with van der Waals surface area (Å²) in [7, 11) is -1.09. The van der Waals surface area contributed by atoms with Gasteiger partial charge in [0.25, 0.3) is 0 Å². The standard InChI is InChI=1S/C24H22ClFN2O4S/c1-31-22-9-5-7-17(24(22)32-2)19(18-13-27-21-8-4-3-6-16(18)21)14-28-33(29,30)23-11-10-15(25)12-20(23)26/h3-13,19,27-28H,14H2,1-2H3. The molecule has 2 N–H and O–H groups in total. The summed E-state index contributed by atoms with van der Waals surface area (Å²) in [6, 6.07) is 16.6. The van der Waals surface area contributed by atoms with Gasteiger partial charge >= 0.3 is 0 Å². The van der Waals surface area contributed by atoms with E-state index in [2.05, 4.69) is 9.71 Å². The molecule has 9 heteroatoms. The van der Waals surface area contributed by atoms with Crippen molar-refractivity contribution >= 4 is 32.5 Å². The Kier molecular flexibility index (Phi) is 6.60. The van der Waals surface area contributed by atoms with Gasteiger partial charge in [-0.3, -0.25) is 0 Å². The van der Waals surface area contributed by atoms with Gasteiger partial charge in [0.2, 0.25) is 10.0 Å². The molecule has 1 heterocycles. The van der Waals surface area contributed by atoms with Crippen LogP contribution in [-0.2, 0) is 10.0 Å². The van der Waals surface area contributed by atoms with Crippen LogP contribution >= 0.6 is 11.6 Å². The van der Waals surface area contributed by atoms with Gasteiger partial charge in [0.1, 0.15) is 10.7 Å². The number of ether oxygens (including phenoxy) is 2. The summed E-state index contributed by atoms with van der Waals surface area (Å²) in [5.74, 6) is -0.368. The van der Waals surface area contributed by atoms with Crippen LogP contribution < -0.4 is 14.2 Å². The number of H-pyrrole nitrogens is 1. The molecule has 4 rings (SSSR count). The minimum absolute atomic E-state index is 0.0459. The third kappa shape index (κ3) is 4.55. The van der Waals surface area contributed by atoms with Crippen molar-refractivity contribution in [2.24, 2.45) is 0 Å². The fraction of sp³-hybridized carbons (Fsp3) is 0.167. The van der Waals surface area contributed by atoms with Crippen molar-refractivity contribution in [3.8, 4) is 11.5 Å². The van der Waals surface area contributed by atoms with E-state index in [0.29, 0.717) is 11.5 Å². The van der Waals surface area contributed by atoms with Crippen LogP contribution in [0.5, 0.6) is 11.5 Å². The van der Waals surface area contributed by atoms with E-state index in [9.17, 15) is 12.8 Å². The highest BCUT2D eigenvalue weighted by Crippen LogP contribution is 2.40. The first-order valence-corrected chi connectivity index (χ1v) is 11.9.